The molecule has 1 fully saturated rings. The highest BCUT2D eigenvalue weighted by molar-refractivity contribution is 7.22. The number of nitrogens with zero attached hydrogens (tertiary/aromatic N) is 1. The maximum Gasteiger partial charge on any atom is 0.153 e. The average Bonchev–Trinajstić information content (AvgIpc) is 3.23. The molecular formula is C28H30ClNO4S. The fourth-order valence-electron chi connectivity index (χ4n) is 4.31. The Balaban J connectivity index is 0.00000289. The standard InChI is InChI=1S/C28H29NO4S.ClH/c30-19-20-4-6-21(7-5-20)28-27(25-13-8-22(31)18-26(25)34-28)33-24-11-9-23(10-12-24)32-17-16-29-14-2-1-3-15-29;/h4-13,18,30-31H,1-3,14-17,19H2;1H. The molecule has 0 amide bonds. The number of hydrogen-bond donors (Lipinski definition) is 2. The maximum absolute atomic E-state index is 9.96. The van der Waals surface area contributed by atoms with E-state index in [1.54, 1.807) is 23.5 Å². The van der Waals surface area contributed by atoms with Gasteiger partial charge in [0.05, 0.1) is 11.5 Å². The monoisotopic (exact) mass is 511 g/mol. The fraction of sp³-hybridized carbons (Fsp3) is 0.286. The number of thiophene rings is 1. The normalized spacial score (nSPS) is 14.0. The lowest BCUT2D eigenvalue weighted by Gasteiger charge is -2.26. The number of phenols is 1. The third-order valence-corrected chi connectivity index (χ3v) is 7.38. The molecule has 4 aromatic rings. The minimum atomic E-state index is 0. The molecule has 0 spiro atoms. The molecule has 0 aliphatic carbocycles. The molecule has 0 bridgehead atoms. The van der Waals surface area contributed by atoms with Crippen molar-refractivity contribution in [3.05, 3.63) is 72.3 Å². The van der Waals surface area contributed by atoms with Gasteiger partial charge in [-0.1, -0.05) is 30.7 Å². The molecule has 0 saturated carbocycles. The van der Waals surface area contributed by atoms with Crippen LogP contribution in [0.5, 0.6) is 23.0 Å². The van der Waals surface area contributed by atoms with Crippen molar-refractivity contribution in [2.45, 2.75) is 25.9 Å². The highest BCUT2D eigenvalue weighted by atomic mass is 35.5. The number of hydrogen-bond acceptors (Lipinski definition) is 6. The number of phenolic OH excluding ortho intramolecular Hbond substituents is 1. The van der Waals surface area contributed by atoms with E-state index in [2.05, 4.69) is 4.90 Å². The predicted molar refractivity (Wildman–Crippen MR) is 144 cm³/mol. The van der Waals surface area contributed by atoms with Crippen LogP contribution in [0.2, 0.25) is 0 Å². The molecule has 1 aromatic heterocycles. The van der Waals surface area contributed by atoms with E-state index in [0.717, 1.165) is 49.9 Å². The van der Waals surface area contributed by atoms with Crippen molar-refractivity contribution in [1.29, 1.82) is 0 Å². The summed E-state index contributed by atoms with van der Waals surface area (Å²) in [6.07, 6.45) is 3.92. The van der Waals surface area contributed by atoms with Gasteiger partial charge >= 0.3 is 0 Å². The van der Waals surface area contributed by atoms with Gasteiger partial charge in [-0.3, -0.25) is 4.90 Å². The van der Waals surface area contributed by atoms with Crippen LogP contribution in [0.4, 0.5) is 0 Å². The summed E-state index contributed by atoms with van der Waals surface area (Å²) in [6, 6.07) is 20.9. The smallest absolute Gasteiger partial charge is 0.153 e. The van der Waals surface area contributed by atoms with Gasteiger partial charge in [-0.15, -0.1) is 23.7 Å². The molecule has 1 aliphatic rings. The number of ether oxygens (including phenoxy) is 2. The quantitative estimate of drug-likeness (QED) is 0.271. The van der Waals surface area contributed by atoms with Crippen molar-refractivity contribution in [3.63, 3.8) is 0 Å². The summed E-state index contributed by atoms with van der Waals surface area (Å²) < 4.78 is 13.3. The van der Waals surface area contributed by atoms with E-state index in [9.17, 15) is 10.2 Å². The van der Waals surface area contributed by atoms with Gasteiger partial charge < -0.3 is 19.7 Å². The molecule has 0 radical (unpaired) electrons. The van der Waals surface area contributed by atoms with Crippen LogP contribution in [0.15, 0.2) is 66.7 Å². The van der Waals surface area contributed by atoms with Gasteiger partial charge in [0.25, 0.3) is 0 Å². The maximum atomic E-state index is 9.96. The van der Waals surface area contributed by atoms with Crippen LogP contribution in [0, 0.1) is 0 Å². The minimum Gasteiger partial charge on any atom is -0.508 e. The first-order valence-corrected chi connectivity index (χ1v) is 12.6. The van der Waals surface area contributed by atoms with Crippen LogP contribution in [0.3, 0.4) is 0 Å². The molecule has 1 saturated heterocycles. The van der Waals surface area contributed by atoms with E-state index in [4.69, 9.17) is 9.47 Å². The number of fused-ring (bicyclic) bond motifs is 1. The summed E-state index contributed by atoms with van der Waals surface area (Å²) in [7, 11) is 0. The van der Waals surface area contributed by atoms with Gasteiger partial charge in [0.2, 0.25) is 0 Å². The van der Waals surface area contributed by atoms with Crippen LogP contribution in [0.1, 0.15) is 24.8 Å². The average molecular weight is 512 g/mol. The van der Waals surface area contributed by atoms with Crippen LogP contribution < -0.4 is 9.47 Å². The Morgan fingerprint density at radius 3 is 2.29 bits per heavy atom. The van der Waals surface area contributed by atoms with E-state index < -0.39 is 0 Å². The Bertz CT molecular complexity index is 1230. The van der Waals surface area contributed by atoms with E-state index in [1.165, 1.54) is 32.4 Å². The van der Waals surface area contributed by atoms with E-state index >= 15 is 0 Å². The fourth-order valence-corrected chi connectivity index (χ4v) is 5.48. The van der Waals surface area contributed by atoms with Gasteiger partial charge in [-0.05, 0) is 79.5 Å². The second kappa shape index (κ2) is 11.8. The first-order chi connectivity index (χ1) is 16.7. The second-order valence-corrected chi connectivity index (χ2v) is 9.67. The number of aliphatic hydroxyl groups excluding tert-OH is 1. The molecule has 5 nitrogen and oxygen atoms in total. The molecule has 184 valence electrons. The summed E-state index contributed by atoms with van der Waals surface area (Å²) >= 11 is 1.57. The number of rotatable bonds is 8. The van der Waals surface area contributed by atoms with Gasteiger partial charge in [-0.25, -0.2) is 0 Å². The Morgan fingerprint density at radius 1 is 0.857 bits per heavy atom. The van der Waals surface area contributed by atoms with Gasteiger partial charge in [0.1, 0.15) is 23.9 Å². The Kier molecular flexibility index (Phi) is 8.52. The zero-order chi connectivity index (χ0) is 23.3. The largest absolute Gasteiger partial charge is 0.508 e. The number of piperidine rings is 1. The number of halogens is 1. The van der Waals surface area contributed by atoms with Crippen molar-refractivity contribution >= 4 is 33.8 Å². The zero-order valence-electron chi connectivity index (χ0n) is 19.5. The van der Waals surface area contributed by atoms with E-state index in [-0.39, 0.29) is 24.8 Å². The van der Waals surface area contributed by atoms with Crippen molar-refractivity contribution in [2.75, 3.05) is 26.2 Å². The first kappa shape index (κ1) is 25.3. The molecule has 3 aromatic carbocycles. The molecule has 2 heterocycles. The Labute approximate surface area is 216 Å². The van der Waals surface area contributed by atoms with Gasteiger partial charge in [-0.2, -0.15) is 0 Å². The first-order valence-electron chi connectivity index (χ1n) is 11.8. The number of aliphatic hydroxyl groups is 1. The molecule has 5 rings (SSSR count). The molecule has 1 aliphatic heterocycles. The van der Waals surface area contributed by atoms with Crippen LogP contribution in [-0.2, 0) is 6.61 Å². The van der Waals surface area contributed by atoms with Crippen molar-refractivity contribution in [1.82, 2.24) is 4.90 Å². The summed E-state index contributed by atoms with van der Waals surface area (Å²) in [6.45, 7) is 4.01. The van der Waals surface area contributed by atoms with E-state index in [0.29, 0.717) is 6.61 Å². The second-order valence-electron chi connectivity index (χ2n) is 8.62. The summed E-state index contributed by atoms with van der Waals surface area (Å²) in [5.41, 5.74) is 1.87. The summed E-state index contributed by atoms with van der Waals surface area (Å²) in [5.74, 6) is 2.55. The van der Waals surface area contributed by atoms with Crippen LogP contribution in [-0.4, -0.2) is 41.4 Å². The van der Waals surface area contributed by atoms with Crippen molar-refractivity contribution < 1.29 is 19.7 Å². The van der Waals surface area contributed by atoms with Crippen molar-refractivity contribution in [3.8, 4) is 33.4 Å². The molecule has 0 atom stereocenters. The van der Waals surface area contributed by atoms with Gasteiger partial charge in [0.15, 0.2) is 5.75 Å². The van der Waals surface area contributed by atoms with E-state index in [1.807, 2.05) is 54.6 Å². The predicted octanol–water partition coefficient (Wildman–Crippen LogP) is 6.85. The lowest BCUT2D eigenvalue weighted by atomic mass is 10.1. The topological polar surface area (TPSA) is 62.2 Å². The minimum absolute atomic E-state index is 0. The number of likely N-dealkylation sites (tertiary alicyclic amines) is 1. The third-order valence-electron chi connectivity index (χ3n) is 6.20. The molecule has 7 heteroatoms. The number of benzene rings is 3. The molecule has 35 heavy (non-hydrogen) atoms. The zero-order valence-corrected chi connectivity index (χ0v) is 21.1. The highest BCUT2D eigenvalue weighted by Gasteiger charge is 2.17. The third kappa shape index (κ3) is 6.08. The Hall–Kier alpha value is -2.77. The highest BCUT2D eigenvalue weighted by Crippen LogP contribution is 2.47. The Morgan fingerprint density at radius 2 is 1.57 bits per heavy atom. The molecular weight excluding hydrogens is 482 g/mol. The summed E-state index contributed by atoms with van der Waals surface area (Å²) in [4.78, 5) is 3.45. The van der Waals surface area contributed by atoms with Crippen LogP contribution >= 0.6 is 23.7 Å². The van der Waals surface area contributed by atoms with Gasteiger partial charge in [0, 0.05) is 16.6 Å². The summed E-state index contributed by atoms with van der Waals surface area (Å²) in [5, 5.41) is 20.3. The SMILES string of the molecule is Cl.OCc1ccc(-c2sc3cc(O)ccc3c2Oc2ccc(OCCN3CCCCC3)cc2)cc1. The molecule has 2 N–H and O–H groups in total. The lowest BCUT2D eigenvalue weighted by Crippen LogP contribution is -2.33. The van der Waals surface area contributed by atoms with Crippen molar-refractivity contribution in [2.24, 2.45) is 0 Å². The molecule has 0 unspecified atom stereocenters. The lowest BCUT2D eigenvalue weighted by molar-refractivity contribution is 0.183. The number of aromatic hydroxyl groups is 1. The van der Waals surface area contributed by atoms with Crippen LogP contribution in [0.25, 0.3) is 20.5 Å².